The third-order valence-electron chi connectivity index (χ3n) is 7.39. The van der Waals surface area contributed by atoms with Crippen molar-refractivity contribution in [1.82, 2.24) is 24.6 Å². The van der Waals surface area contributed by atoms with E-state index in [9.17, 15) is 18.0 Å². The van der Waals surface area contributed by atoms with Crippen molar-refractivity contribution in [3.8, 4) is 5.69 Å². The van der Waals surface area contributed by atoms with Crippen molar-refractivity contribution in [1.29, 1.82) is 0 Å². The fourth-order valence-corrected chi connectivity index (χ4v) is 5.24. The molecule has 10 heteroatoms. The minimum atomic E-state index is -4.37. The Morgan fingerprint density at radius 2 is 1.89 bits per heavy atom. The zero-order valence-electron chi connectivity index (χ0n) is 20.6. The van der Waals surface area contributed by atoms with Crippen LogP contribution >= 0.6 is 0 Å². The lowest BCUT2D eigenvalue weighted by Crippen LogP contribution is -2.30. The SMILES string of the molecule is CC(C)n1c(=O)c2cnc(Nc3ccc4c(c3)CNCC4)cc2n1-c1ccnc(C2(C(F)(F)F)CC2)c1. The first-order chi connectivity index (χ1) is 17.7. The van der Waals surface area contributed by atoms with Gasteiger partial charge in [0.25, 0.3) is 5.56 Å². The molecule has 4 aromatic rings. The summed E-state index contributed by atoms with van der Waals surface area (Å²) >= 11 is 0. The van der Waals surface area contributed by atoms with Gasteiger partial charge < -0.3 is 10.6 Å². The van der Waals surface area contributed by atoms with Crippen LogP contribution in [0.4, 0.5) is 24.7 Å². The number of nitrogens with one attached hydrogen (secondary N) is 2. The molecule has 1 aromatic carbocycles. The highest BCUT2D eigenvalue weighted by Gasteiger charge is 2.65. The van der Waals surface area contributed by atoms with E-state index < -0.39 is 11.6 Å². The normalized spacial score (nSPS) is 16.7. The summed E-state index contributed by atoms with van der Waals surface area (Å²) in [6.45, 7) is 5.50. The molecule has 7 nitrogen and oxygen atoms in total. The van der Waals surface area contributed by atoms with Crippen molar-refractivity contribution in [2.75, 3.05) is 11.9 Å². The molecule has 0 atom stereocenters. The summed E-state index contributed by atoms with van der Waals surface area (Å²) in [5, 5.41) is 7.09. The van der Waals surface area contributed by atoms with Gasteiger partial charge in [-0.25, -0.2) is 14.3 Å². The molecule has 2 N–H and O–H groups in total. The summed E-state index contributed by atoms with van der Waals surface area (Å²) < 4.78 is 44.7. The maximum Gasteiger partial charge on any atom is 0.399 e. The molecule has 0 radical (unpaired) electrons. The molecule has 1 saturated carbocycles. The predicted molar refractivity (Wildman–Crippen MR) is 136 cm³/mol. The van der Waals surface area contributed by atoms with Crippen LogP contribution in [-0.2, 0) is 18.4 Å². The Labute approximate surface area is 211 Å². The van der Waals surface area contributed by atoms with Gasteiger partial charge in [-0.2, -0.15) is 13.2 Å². The van der Waals surface area contributed by atoms with Crippen molar-refractivity contribution in [2.45, 2.75) is 57.3 Å². The van der Waals surface area contributed by atoms with E-state index in [1.54, 1.807) is 21.5 Å². The smallest absolute Gasteiger partial charge is 0.340 e. The number of benzene rings is 1. The van der Waals surface area contributed by atoms with E-state index in [1.165, 1.54) is 29.6 Å². The van der Waals surface area contributed by atoms with Crippen LogP contribution in [0.1, 0.15) is 49.6 Å². The minimum Gasteiger partial charge on any atom is -0.340 e. The van der Waals surface area contributed by atoms with Crippen molar-refractivity contribution < 1.29 is 13.2 Å². The number of pyridine rings is 2. The number of hydrogen-bond donors (Lipinski definition) is 2. The molecule has 0 bridgehead atoms. The Bertz CT molecular complexity index is 1560. The number of rotatable bonds is 5. The van der Waals surface area contributed by atoms with E-state index in [4.69, 9.17) is 0 Å². The second-order valence-corrected chi connectivity index (χ2v) is 10.2. The van der Waals surface area contributed by atoms with Gasteiger partial charge in [-0.15, -0.1) is 0 Å². The second-order valence-electron chi connectivity index (χ2n) is 10.2. The first-order valence-electron chi connectivity index (χ1n) is 12.4. The van der Waals surface area contributed by atoms with E-state index in [-0.39, 0.29) is 30.1 Å². The lowest BCUT2D eigenvalue weighted by Gasteiger charge is -2.21. The molecule has 37 heavy (non-hydrogen) atoms. The van der Waals surface area contributed by atoms with E-state index >= 15 is 0 Å². The molecule has 1 fully saturated rings. The van der Waals surface area contributed by atoms with Gasteiger partial charge in [-0.05, 0) is 75.0 Å². The number of halogens is 3. The Morgan fingerprint density at radius 1 is 1.08 bits per heavy atom. The molecular formula is C27H27F3N6O. The van der Waals surface area contributed by atoms with Crippen LogP contribution in [0.15, 0.2) is 53.6 Å². The van der Waals surface area contributed by atoms with E-state index in [1.807, 2.05) is 19.9 Å². The zero-order chi connectivity index (χ0) is 25.9. The Balaban J connectivity index is 1.46. The van der Waals surface area contributed by atoms with E-state index in [2.05, 4.69) is 32.7 Å². The second kappa shape index (κ2) is 8.44. The highest BCUT2D eigenvalue weighted by Crippen LogP contribution is 2.58. The molecule has 4 heterocycles. The Kier molecular flexibility index (Phi) is 5.41. The molecule has 6 rings (SSSR count). The van der Waals surface area contributed by atoms with Crippen molar-refractivity contribution in [2.24, 2.45) is 0 Å². The fourth-order valence-electron chi connectivity index (χ4n) is 5.24. The van der Waals surface area contributed by atoms with Crippen LogP contribution in [0, 0.1) is 0 Å². The molecule has 1 aliphatic heterocycles. The predicted octanol–water partition coefficient (Wildman–Crippen LogP) is 5.15. The quantitative estimate of drug-likeness (QED) is 0.390. The molecule has 3 aromatic heterocycles. The van der Waals surface area contributed by atoms with Gasteiger partial charge in [0, 0.05) is 36.7 Å². The third-order valence-corrected chi connectivity index (χ3v) is 7.39. The summed E-state index contributed by atoms with van der Waals surface area (Å²) in [7, 11) is 0. The lowest BCUT2D eigenvalue weighted by atomic mass is 10.0. The first kappa shape index (κ1) is 23.7. The standard InChI is InChI=1S/C27H27F3N6O/c1-16(2)35-25(37)21-15-33-24(34-19-4-3-17-5-9-31-14-18(17)11-19)13-22(21)36(35)20-6-10-32-23(12-20)26(7-8-26)27(28,29)30/h3-4,6,10-13,15-16,31H,5,7-9,14H2,1-2H3,(H,33,34). The molecule has 0 spiro atoms. The first-order valence-corrected chi connectivity index (χ1v) is 12.4. The maximum absolute atomic E-state index is 13.8. The van der Waals surface area contributed by atoms with Gasteiger partial charge in [0.1, 0.15) is 11.2 Å². The number of nitrogens with zero attached hydrogens (tertiary/aromatic N) is 4. The molecular weight excluding hydrogens is 481 g/mol. The number of alkyl halides is 3. The minimum absolute atomic E-state index is 0.0165. The summed E-state index contributed by atoms with van der Waals surface area (Å²) in [5.41, 5.74) is 2.25. The monoisotopic (exact) mass is 508 g/mol. The average molecular weight is 509 g/mol. The summed E-state index contributed by atoms with van der Waals surface area (Å²) in [6.07, 6.45) is -0.442. The number of hydrogen-bond acceptors (Lipinski definition) is 5. The summed E-state index contributed by atoms with van der Waals surface area (Å²) in [5.74, 6) is 0.536. The van der Waals surface area contributed by atoms with Gasteiger partial charge in [0.2, 0.25) is 0 Å². The van der Waals surface area contributed by atoms with Crippen LogP contribution in [0.2, 0.25) is 0 Å². The highest BCUT2D eigenvalue weighted by atomic mass is 19.4. The Hall–Kier alpha value is -3.66. The van der Waals surface area contributed by atoms with Crippen LogP contribution < -0.4 is 16.2 Å². The topological polar surface area (TPSA) is 76.8 Å². The van der Waals surface area contributed by atoms with Crippen molar-refractivity contribution in [3.05, 3.63) is 76.0 Å². The highest BCUT2D eigenvalue weighted by molar-refractivity contribution is 5.83. The fraction of sp³-hybridized carbons (Fsp3) is 0.370. The number of fused-ring (bicyclic) bond motifs is 2. The lowest BCUT2D eigenvalue weighted by molar-refractivity contribution is -0.161. The van der Waals surface area contributed by atoms with Gasteiger partial charge in [-0.1, -0.05) is 6.07 Å². The molecule has 0 saturated heterocycles. The van der Waals surface area contributed by atoms with Crippen LogP contribution in [0.3, 0.4) is 0 Å². The van der Waals surface area contributed by atoms with Crippen LogP contribution in [0.5, 0.6) is 0 Å². The van der Waals surface area contributed by atoms with Crippen molar-refractivity contribution in [3.63, 3.8) is 0 Å². The number of anilines is 2. The Morgan fingerprint density at radius 3 is 2.62 bits per heavy atom. The molecule has 192 valence electrons. The van der Waals surface area contributed by atoms with Crippen LogP contribution in [0.25, 0.3) is 16.6 Å². The summed E-state index contributed by atoms with van der Waals surface area (Å²) in [6, 6.07) is 10.8. The van der Waals surface area contributed by atoms with E-state index in [0.717, 1.165) is 25.2 Å². The third kappa shape index (κ3) is 3.90. The van der Waals surface area contributed by atoms with Gasteiger partial charge in [0.15, 0.2) is 0 Å². The molecule has 0 amide bonds. The van der Waals surface area contributed by atoms with Gasteiger partial charge in [0.05, 0.1) is 22.3 Å². The zero-order valence-corrected chi connectivity index (χ0v) is 20.6. The van der Waals surface area contributed by atoms with Crippen molar-refractivity contribution >= 4 is 22.4 Å². The number of aromatic nitrogens is 4. The molecule has 0 unspecified atom stereocenters. The average Bonchev–Trinajstić information content (AvgIpc) is 3.64. The van der Waals surface area contributed by atoms with Gasteiger partial charge >= 0.3 is 6.18 Å². The maximum atomic E-state index is 13.8. The van der Waals surface area contributed by atoms with Gasteiger partial charge in [-0.3, -0.25) is 9.78 Å². The summed E-state index contributed by atoms with van der Waals surface area (Å²) in [4.78, 5) is 21.9. The molecule has 1 aliphatic carbocycles. The van der Waals surface area contributed by atoms with E-state index in [0.29, 0.717) is 22.4 Å². The largest absolute Gasteiger partial charge is 0.399 e. The molecule has 2 aliphatic rings. The van der Waals surface area contributed by atoms with Crippen LogP contribution in [-0.4, -0.2) is 32.1 Å².